The Bertz CT molecular complexity index is 1360. The summed E-state index contributed by atoms with van der Waals surface area (Å²) in [6, 6.07) is 16.2. The van der Waals surface area contributed by atoms with Gasteiger partial charge in [0.1, 0.15) is 0 Å². The molecule has 1 unspecified atom stereocenters. The van der Waals surface area contributed by atoms with Crippen molar-refractivity contribution in [3.05, 3.63) is 95.4 Å². The van der Waals surface area contributed by atoms with Crippen molar-refractivity contribution >= 4 is 34.3 Å². The van der Waals surface area contributed by atoms with Crippen LogP contribution in [0.25, 0.3) is 11.3 Å². The number of benzene rings is 2. The second kappa shape index (κ2) is 10.3. The smallest absolute Gasteiger partial charge is 0.255 e. The summed E-state index contributed by atoms with van der Waals surface area (Å²) in [6.45, 7) is 3.79. The minimum absolute atomic E-state index is 0.0241. The average Bonchev–Trinajstić information content (AvgIpc) is 2.83. The number of amides is 1. The first-order valence-electron chi connectivity index (χ1n) is 10.5. The maximum absolute atomic E-state index is 12.8. The van der Waals surface area contributed by atoms with Gasteiger partial charge in [0.2, 0.25) is 5.95 Å². The predicted molar refractivity (Wildman–Crippen MR) is 133 cm³/mol. The molecule has 0 saturated carbocycles. The zero-order valence-electron chi connectivity index (χ0n) is 18.6. The molecule has 2 aromatic heterocycles. The van der Waals surface area contributed by atoms with Crippen molar-refractivity contribution in [2.24, 2.45) is 0 Å². The van der Waals surface area contributed by atoms with Crippen molar-refractivity contribution in [2.75, 3.05) is 10.6 Å². The van der Waals surface area contributed by atoms with Gasteiger partial charge in [-0.15, -0.1) is 0 Å². The molecule has 0 bridgehead atoms. The van der Waals surface area contributed by atoms with Crippen LogP contribution >= 0.6 is 0 Å². The highest BCUT2D eigenvalue weighted by molar-refractivity contribution is 7.78. The fourth-order valence-electron chi connectivity index (χ4n) is 3.35. The van der Waals surface area contributed by atoms with E-state index in [0.29, 0.717) is 22.8 Å². The van der Waals surface area contributed by atoms with Crippen LogP contribution in [-0.2, 0) is 16.8 Å². The maximum Gasteiger partial charge on any atom is 0.255 e. The number of aromatic nitrogens is 3. The summed E-state index contributed by atoms with van der Waals surface area (Å²) in [5.41, 5.74) is 5.85. The van der Waals surface area contributed by atoms with Crippen molar-refractivity contribution in [3.63, 3.8) is 0 Å². The molecule has 2 heterocycles. The lowest BCUT2D eigenvalue weighted by Crippen LogP contribution is -2.13. The Hall–Kier alpha value is -3.95. The number of pyridine rings is 1. The third-order valence-electron chi connectivity index (χ3n) is 5.25. The Kier molecular flexibility index (Phi) is 7.05. The molecule has 0 aliphatic heterocycles. The summed E-state index contributed by atoms with van der Waals surface area (Å²) in [5, 5.41) is 6.10. The van der Waals surface area contributed by atoms with Gasteiger partial charge in [-0.3, -0.25) is 9.78 Å². The molecule has 0 aliphatic carbocycles. The summed E-state index contributed by atoms with van der Waals surface area (Å²) in [6.07, 6.45) is 5.12. The molecule has 34 heavy (non-hydrogen) atoms. The summed E-state index contributed by atoms with van der Waals surface area (Å²) in [7, 11) is 0. The second-order valence-electron chi connectivity index (χ2n) is 7.72. The van der Waals surface area contributed by atoms with Crippen LogP contribution in [0, 0.1) is 13.8 Å². The highest BCUT2D eigenvalue weighted by Crippen LogP contribution is 2.25. The SMILES string of the molecule is Cc1ccc(C(=O)Nc2ccc(C)c(Nc3nccc(-c4cccnc4)n3)c2)cc1CS(=O)O. The molecular formula is C25H23N5O3S. The largest absolute Gasteiger partial charge is 0.324 e. The number of anilines is 3. The van der Waals surface area contributed by atoms with E-state index in [1.54, 1.807) is 36.8 Å². The Morgan fingerprint density at radius 3 is 2.62 bits per heavy atom. The second-order valence-corrected chi connectivity index (χ2v) is 8.65. The van der Waals surface area contributed by atoms with Gasteiger partial charge in [0.05, 0.1) is 11.4 Å². The zero-order chi connectivity index (χ0) is 24.1. The molecule has 0 radical (unpaired) electrons. The fraction of sp³-hybridized carbons (Fsp3) is 0.120. The molecule has 2 aromatic carbocycles. The third kappa shape index (κ3) is 5.69. The first-order chi connectivity index (χ1) is 16.4. The van der Waals surface area contributed by atoms with Gasteiger partial charge in [-0.2, -0.15) is 0 Å². The Morgan fingerprint density at radius 2 is 1.85 bits per heavy atom. The van der Waals surface area contributed by atoms with Crippen LogP contribution in [0.15, 0.2) is 73.2 Å². The molecule has 1 amide bonds. The standard InChI is InChI=1S/C25H23N5O3S/c1-16-5-7-18(12-20(16)15-34(32)33)24(31)28-21-8-6-17(2)23(13-21)30-25-27-11-9-22(29-25)19-4-3-10-26-14-19/h3-14H,15H2,1-2H3,(H,28,31)(H,32,33)(H,27,29,30). The topological polar surface area (TPSA) is 117 Å². The van der Waals surface area contributed by atoms with Crippen molar-refractivity contribution in [3.8, 4) is 11.3 Å². The van der Waals surface area contributed by atoms with Crippen LogP contribution in [0.5, 0.6) is 0 Å². The number of rotatable bonds is 7. The molecule has 0 aliphatic rings. The number of carbonyl (C=O) groups excluding carboxylic acids is 1. The molecule has 1 atom stereocenters. The molecule has 9 heteroatoms. The molecular weight excluding hydrogens is 450 g/mol. The van der Waals surface area contributed by atoms with Gasteiger partial charge >= 0.3 is 0 Å². The van der Waals surface area contributed by atoms with E-state index in [4.69, 9.17) is 0 Å². The first kappa shape index (κ1) is 23.2. The van der Waals surface area contributed by atoms with E-state index in [0.717, 1.165) is 28.1 Å². The van der Waals surface area contributed by atoms with Gasteiger partial charge in [-0.25, -0.2) is 14.2 Å². The number of nitrogens with one attached hydrogen (secondary N) is 2. The van der Waals surface area contributed by atoms with Crippen LogP contribution < -0.4 is 10.6 Å². The van der Waals surface area contributed by atoms with Crippen LogP contribution in [0.1, 0.15) is 27.0 Å². The summed E-state index contributed by atoms with van der Waals surface area (Å²) < 4.78 is 20.4. The van der Waals surface area contributed by atoms with Gasteiger partial charge < -0.3 is 15.2 Å². The summed E-state index contributed by atoms with van der Waals surface area (Å²) in [4.78, 5) is 25.8. The molecule has 3 N–H and O–H groups in total. The van der Waals surface area contributed by atoms with Gasteiger partial charge in [-0.1, -0.05) is 12.1 Å². The molecule has 4 rings (SSSR count). The minimum atomic E-state index is -1.98. The lowest BCUT2D eigenvalue weighted by Gasteiger charge is -2.13. The summed E-state index contributed by atoms with van der Waals surface area (Å²) >= 11 is -1.98. The Labute approximate surface area is 199 Å². The molecule has 8 nitrogen and oxygen atoms in total. The molecule has 0 fully saturated rings. The number of aryl methyl sites for hydroxylation is 2. The van der Waals surface area contributed by atoms with E-state index in [-0.39, 0.29) is 11.7 Å². The van der Waals surface area contributed by atoms with E-state index < -0.39 is 11.1 Å². The van der Waals surface area contributed by atoms with Crippen LogP contribution in [-0.4, -0.2) is 29.6 Å². The van der Waals surface area contributed by atoms with Crippen LogP contribution in [0.2, 0.25) is 0 Å². The van der Waals surface area contributed by atoms with Gasteiger partial charge in [0.15, 0.2) is 11.1 Å². The van der Waals surface area contributed by atoms with Crippen molar-refractivity contribution in [1.82, 2.24) is 15.0 Å². The lowest BCUT2D eigenvalue weighted by molar-refractivity contribution is 0.102. The predicted octanol–water partition coefficient (Wildman–Crippen LogP) is 4.87. The van der Waals surface area contributed by atoms with Crippen LogP contribution in [0.3, 0.4) is 0 Å². The maximum atomic E-state index is 12.8. The van der Waals surface area contributed by atoms with E-state index in [1.165, 1.54) is 0 Å². The highest BCUT2D eigenvalue weighted by Gasteiger charge is 2.12. The lowest BCUT2D eigenvalue weighted by atomic mass is 10.1. The zero-order valence-corrected chi connectivity index (χ0v) is 19.5. The van der Waals surface area contributed by atoms with Gasteiger partial charge in [0, 0.05) is 41.1 Å². The Balaban J connectivity index is 1.53. The molecule has 172 valence electrons. The average molecular weight is 474 g/mol. The van der Waals surface area contributed by atoms with Crippen molar-refractivity contribution < 1.29 is 13.6 Å². The third-order valence-corrected chi connectivity index (χ3v) is 5.80. The van der Waals surface area contributed by atoms with E-state index in [9.17, 15) is 13.6 Å². The van der Waals surface area contributed by atoms with Crippen LogP contribution in [0.4, 0.5) is 17.3 Å². The number of hydrogen-bond donors (Lipinski definition) is 3. The Morgan fingerprint density at radius 1 is 1.03 bits per heavy atom. The fourth-order valence-corrected chi connectivity index (χ4v) is 3.93. The summed E-state index contributed by atoms with van der Waals surface area (Å²) in [5.74, 6) is 0.0895. The van der Waals surface area contributed by atoms with Crippen molar-refractivity contribution in [1.29, 1.82) is 0 Å². The van der Waals surface area contributed by atoms with E-state index >= 15 is 0 Å². The van der Waals surface area contributed by atoms with Crippen molar-refractivity contribution in [2.45, 2.75) is 19.6 Å². The normalized spacial score (nSPS) is 11.6. The quantitative estimate of drug-likeness (QED) is 0.328. The number of carbonyl (C=O) groups is 1. The monoisotopic (exact) mass is 473 g/mol. The first-order valence-corrected chi connectivity index (χ1v) is 11.8. The van der Waals surface area contributed by atoms with E-state index in [1.807, 2.05) is 50.2 Å². The molecule has 0 spiro atoms. The van der Waals surface area contributed by atoms with Gasteiger partial charge in [-0.05, 0) is 73.0 Å². The molecule has 4 aromatic rings. The number of hydrogen-bond acceptors (Lipinski definition) is 6. The highest BCUT2D eigenvalue weighted by atomic mass is 32.2. The van der Waals surface area contributed by atoms with Gasteiger partial charge in [0.25, 0.3) is 5.91 Å². The minimum Gasteiger partial charge on any atom is -0.324 e. The number of nitrogens with zero attached hydrogens (tertiary/aromatic N) is 3. The van der Waals surface area contributed by atoms with E-state index in [2.05, 4.69) is 25.6 Å². The molecule has 0 saturated heterocycles.